The Labute approximate surface area is 138 Å². The predicted molar refractivity (Wildman–Crippen MR) is 86.9 cm³/mol. The van der Waals surface area contributed by atoms with Crippen molar-refractivity contribution in [3.63, 3.8) is 0 Å². The zero-order chi connectivity index (χ0) is 16.9. The van der Waals surface area contributed by atoms with E-state index >= 15 is 0 Å². The molecule has 0 radical (unpaired) electrons. The van der Waals surface area contributed by atoms with Crippen LogP contribution in [0.1, 0.15) is 29.6 Å². The van der Waals surface area contributed by atoms with Crippen molar-refractivity contribution in [2.75, 3.05) is 11.9 Å². The Morgan fingerprint density at radius 3 is 3.00 bits per heavy atom. The zero-order valence-corrected chi connectivity index (χ0v) is 13.1. The smallest absolute Gasteiger partial charge is 0.282 e. The second-order valence-corrected chi connectivity index (χ2v) is 5.67. The van der Waals surface area contributed by atoms with E-state index in [0.717, 1.165) is 25.9 Å². The number of amides is 1. The van der Waals surface area contributed by atoms with Gasteiger partial charge in [0.1, 0.15) is 5.56 Å². The van der Waals surface area contributed by atoms with Crippen LogP contribution in [0, 0.1) is 10.1 Å². The maximum absolute atomic E-state index is 12.3. The number of ether oxygens (including phenoxy) is 1. The molecule has 1 aliphatic heterocycles. The molecular formula is C16H18N4O4. The third-order valence-corrected chi connectivity index (χ3v) is 3.90. The minimum absolute atomic E-state index is 0.0193. The van der Waals surface area contributed by atoms with Crippen molar-refractivity contribution in [3.8, 4) is 0 Å². The average molecular weight is 330 g/mol. The molecule has 0 spiro atoms. The number of hydrogen-bond acceptors (Lipinski definition) is 5. The van der Waals surface area contributed by atoms with Gasteiger partial charge in [0.25, 0.3) is 11.6 Å². The van der Waals surface area contributed by atoms with E-state index in [1.165, 1.54) is 24.4 Å². The predicted octanol–water partition coefficient (Wildman–Crippen LogP) is 2.61. The van der Waals surface area contributed by atoms with E-state index in [4.69, 9.17) is 4.74 Å². The van der Waals surface area contributed by atoms with E-state index < -0.39 is 10.8 Å². The average Bonchev–Trinajstić information content (AvgIpc) is 3.02. The lowest BCUT2D eigenvalue weighted by atomic mass is 10.1. The maximum atomic E-state index is 12.3. The summed E-state index contributed by atoms with van der Waals surface area (Å²) >= 11 is 0. The van der Waals surface area contributed by atoms with Crippen LogP contribution in [0.5, 0.6) is 0 Å². The highest BCUT2D eigenvalue weighted by Crippen LogP contribution is 2.20. The maximum Gasteiger partial charge on any atom is 0.282 e. The second kappa shape index (κ2) is 7.22. The van der Waals surface area contributed by atoms with Crippen LogP contribution in [0.15, 0.2) is 36.7 Å². The fraction of sp³-hybridized carbons (Fsp3) is 0.375. The number of benzene rings is 1. The normalized spacial score (nSPS) is 17.4. The molecule has 1 atom stereocenters. The van der Waals surface area contributed by atoms with Gasteiger partial charge in [0.05, 0.1) is 29.5 Å². The number of carbonyl (C=O) groups is 1. The van der Waals surface area contributed by atoms with Crippen LogP contribution in [-0.4, -0.2) is 33.3 Å². The Hall–Kier alpha value is -2.74. The Bertz CT molecular complexity index is 737. The van der Waals surface area contributed by atoms with Crippen LogP contribution in [-0.2, 0) is 11.3 Å². The standard InChI is InChI=1S/C16H18N4O4/c21-16(14-6-1-2-7-15(14)20(22)23)18-12-9-17-19(10-12)11-13-5-3-4-8-24-13/h1-2,6-7,9-10,13H,3-5,8,11H2,(H,18,21). The van der Waals surface area contributed by atoms with Gasteiger partial charge in [-0.15, -0.1) is 0 Å². The second-order valence-electron chi connectivity index (χ2n) is 5.67. The van der Waals surface area contributed by atoms with Gasteiger partial charge >= 0.3 is 0 Å². The van der Waals surface area contributed by atoms with Crippen molar-refractivity contribution in [3.05, 3.63) is 52.3 Å². The van der Waals surface area contributed by atoms with E-state index in [2.05, 4.69) is 10.4 Å². The Morgan fingerprint density at radius 1 is 1.42 bits per heavy atom. The van der Waals surface area contributed by atoms with Gasteiger partial charge < -0.3 is 10.1 Å². The first-order chi connectivity index (χ1) is 11.6. The summed E-state index contributed by atoms with van der Waals surface area (Å²) in [5.41, 5.74) is 0.290. The molecule has 1 aromatic heterocycles. The number of anilines is 1. The van der Waals surface area contributed by atoms with E-state index in [1.54, 1.807) is 16.9 Å². The molecule has 0 bridgehead atoms. The van der Waals surface area contributed by atoms with Gasteiger partial charge in [-0.3, -0.25) is 19.6 Å². The van der Waals surface area contributed by atoms with Gasteiger partial charge in [0.2, 0.25) is 0 Å². The van der Waals surface area contributed by atoms with Crippen molar-refractivity contribution < 1.29 is 14.5 Å². The van der Waals surface area contributed by atoms with Crippen molar-refractivity contribution >= 4 is 17.3 Å². The molecule has 0 aliphatic carbocycles. The first-order valence-corrected chi connectivity index (χ1v) is 7.82. The van der Waals surface area contributed by atoms with E-state index in [0.29, 0.717) is 12.2 Å². The van der Waals surface area contributed by atoms with Crippen molar-refractivity contribution in [2.45, 2.75) is 31.9 Å². The molecule has 1 aliphatic rings. The van der Waals surface area contributed by atoms with Crippen molar-refractivity contribution in [1.82, 2.24) is 9.78 Å². The molecule has 1 aromatic carbocycles. The molecular weight excluding hydrogens is 312 g/mol. The topological polar surface area (TPSA) is 99.3 Å². The number of carbonyl (C=O) groups excluding carboxylic acids is 1. The van der Waals surface area contributed by atoms with Crippen LogP contribution in [0.3, 0.4) is 0 Å². The molecule has 1 amide bonds. The van der Waals surface area contributed by atoms with Crippen LogP contribution in [0.25, 0.3) is 0 Å². The van der Waals surface area contributed by atoms with Crippen LogP contribution >= 0.6 is 0 Å². The highest BCUT2D eigenvalue weighted by atomic mass is 16.6. The third kappa shape index (κ3) is 3.77. The molecule has 8 heteroatoms. The quantitative estimate of drug-likeness (QED) is 0.671. The number of aromatic nitrogens is 2. The molecule has 1 unspecified atom stereocenters. The SMILES string of the molecule is O=C(Nc1cnn(CC2CCCCO2)c1)c1ccccc1[N+](=O)[O-]. The van der Waals surface area contributed by atoms with Crippen LogP contribution < -0.4 is 5.32 Å². The first-order valence-electron chi connectivity index (χ1n) is 7.82. The van der Waals surface area contributed by atoms with E-state index in [9.17, 15) is 14.9 Å². The van der Waals surface area contributed by atoms with Gasteiger partial charge in [-0.25, -0.2) is 0 Å². The van der Waals surface area contributed by atoms with E-state index in [-0.39, 0.29) is 17.4 Å². The minimum atomic E-state index is -0.571. The van der Waals surface area contributed by atoms with Gasteiger partial charge in [0.15, 0.2) is 0 Å². The summed E-state index contributed by atoms with van der Waals surface area (Å²) in [6.07, 6.45) is 6.59. The first kappa shape index (κ1) is 16.1. The van der Waals surface area contributed by atoms with Gasteiger partial charge in [-0.2, -0.15) is 5.10 Å². The van der Waals surface area contributed by atoms with Crippen LogP contribution in [0.2, 0.25) is 0 Å². The molecule has 1 fully saturated rings. The highest BCUT2D eigenvalue weighted by Gasteiger charge is 2.20. The monoisotopic (exact) mass is 330 g/mol. The van der Waals surface area contributed by atoms with E-state index in [1.807, 2.05) is 0 Å². The Balaban J connectivity index is 1.66. The number of nitrogens with zero attached hydrogens (tertiary/aromatic N) is 3. The fourth-order valence-corrected chi connectivity index (χ4v) is 2.71. The number of nitro groups is 1. The summed E-state index contributed by atoms with van der Waals surface area (Å²) in [6.45, 7) is 1.40. The molecule has 126 valence electrons. The van der Waals surface area contributed by atoms with Gasteiger partial charge in [0, 0.05) is 18.9 Å². The largest absolute Gasteiger partial charge is 0.376 e. The summed E-state index contributed by atoms with van der Waals surface area (Å²) in [7, 11) is 0. The highest BCUT2D eigenvalue weighted by molar-refractivity contribution is 6.06. The summed E-state index contributed by atoms with van der Waals surface area (Å²) < 4.78 is 7.37. The molecule has 2 aromatic rings. The number of nitro benzene ring substituents is 1. The minimum Gasteiger partial charge on any atom is -0.376 e. The van der Waals surface area contributed by atoms with Gasteiger partial charge in [-0.05, 0) is 25.3 Å². The lowest BCUT2D eigenvalue weighted by Crippen LogP contribution is -2.24. The molecule has 0 saturated carbocycles. The molecule has 1 saturated heterocycles. The van der Waals surface area contributed by atoms with Crippen molar-refractivity contribution in [1.29, 1.82) is 0 Å². The number of para-hydroxylation sites is 1. The summed E-state index contributed by atoms with van der Waals surface area (Å²) in [6, 6.07) is 5.84. The van der Waals surface area contributed by atoms with Gasteiger partial charge in [-0.1, -0.05) is 12.1 Å². The summed E-state index contributed by atoms with van der Waals surface area (Å²) in [5, 5.41) is 17.8. The molecule has 24 heavy (non-hydrogen) atoms. The van der Waals surface area contributed by atoms with Crippen molar-refractivity contribution in [2.24, 2.45) is 0 Å². The fourth-order valence-electron chi connectivity index (χ4n) is 2.71. The third-order valence-electron chi connectivity index (χ3n) is 3.90. The molecule has 1 N–H and O–H groups in total. The summed E-state index contributed by atoms with van der Waals surface area (Å²) in [4.78, 5) is 22.7. The van der Waals surface area contributed by atoms with Crippen LogP contribution in [0.4, 0.5) is 11.4 Å². The molecule has 3 rings (SSSR count). The Kier molecular flexibility index (Phi) is 4.85. The lowest BCUT2D eigenvalue weighted by Gasteiger charge is -2.22. The lowest BCUT2D eigenvalue weighted by molar-refractivity contribution is -0.385. The number of hydrogen-bond donors (Lipinski definition) is 1. The molecule has 2 heterocycles. The molecule has 8 nitrogen and oxygen atoms in total. The number of nitrogens with one attached hydrogen (secondary N) is 1. The Morgan fingerprint density at radius 2 is 2.25 bits per heavy atom. The zero-order valence-electron chi connectivity index (χ0n) is 13.1. The number of rotatable bonds is 5. The summed E-state index contributed by atoms with van der Waals surface area (Å²) in [5.74, 6) is -0.532.